The van der Waals surface area contributed by atoms with Crippen molar-refractivity contribution in [3.05, 3.63) is 71.2 Å². The predicted octanol–water partition coefficient (Wildman–Crippen LogP) is 4.24. The van der Waals surface area contributed by atoms with Crippen LogP contribution >= 0.6 is 22.7 Å². The van der Waals surface area contributed by atoms with Crippen LogP contribution in [-0.4, -0.2) is 20.7 Å². The number of carbonyl (C=O) groups is 1. The first kappa shape index (κ1) is 15.7. The highest BCUT2D eigenvalue weighted by Crippen LogP contribution is 2.27. The van der Waals surface area contributed by atoms with Crippen molar-refractivity contribution in [2.75, 3.05) is 5.32 Å². The molecule has 1 amide bonds. The average molecular weight is 366 g/mol. The summed E-state index contributed by atoms with van der Waals surface area (Å²) in [5.74, 6) is -0.0956. The Morgan fingerprint density at radius 1 is 1.08 bits per heavy atom. The molecule has 0 aliphatic rings. The minimum atomic E-state index is -0.0956. The Hall–Kier alpha value is -2.77. The van der Waals surface area contributed by atoms with E-state index in [1.165, 1.54) is 11.3 Å². The van der Waals surface area contributed by atoms with Gasteiger partial charge in [0.1, 0.15) is 5.01 Å². The fourth-order valence-corrected chi connectivity index (χ4v) is 3.89. The monoisotopic (exact) mass is 366 g/mol. The zero-order valence-electron chi connectivity index (χ0n) is 13.1. The van der Waals surface area contributed by atoms with E-state index in [0.717, 1.165) is 21.8 Å². The number of hydrogen-bond acceptors (Lipinski definition) is 5. The van der Waals surface area contributed by atoms with E-state index in [1.54, 1.807) is 11.3 Å². The van der Waals surface area contributed by atoms with E-state index in [1.807, 2.05) is 70.2 Å². The maximum Gasteiger partial charge on any atom is 0.230 e. The molecular weight excluding hydrogens is 352 g/mol. The van der Waals surface area contributed by atoms with Gasteiger partial charge in [0.05, 0.1) is 6.42 Å². The van der Waals surface area contributed by atoms with Crippen LogP contribution in [0.15, 0.2) is 65.6 Å². The van der Waals surface area contributed by atoms with E-state index in [2.05, 4.69) is 15.5 Å². The second-order valence-electron chi connectivity index (χ2n) is 5.41. The zero-order chi connectivity index (χ0) is 17.1. The van der Waals surface area contributed by atoms with Crippen LogP contribution in [0, 0.1) is 0 Å². The molecule has 1 N–H and O–H groups in total. The molecule has 0 aliphatic carbocycles. The lowest BCUT2D eigenvalue weighted by Crippen LogP contribution is -2.14. The van der Waals surface area contributed by atoms with Gasteiger partial charge in [0.25, 0.3) is 0 Å². The van der Waals surface area contributed by atoms with Crippen LogP contribution in [0.5, 0.6) is 0 Å². The Bertz CT molecular complexity index is 957. The van der Waals surface area contributed by atoms with Crippen LogP contribution < -0.4 is 5.32 Å². The molecule has 0 radical (unpaired) electrons. The molecule has 4 aromatic rings. The standard InChI is InChI=1S/C18H14N4OS2/c23-16(19-18-21-20-17(25-18)14-7-10-24-12-14)11-13-3-5-15(6-4-13)22-8-1-2-9-22/h1-10,12H,11H2,(H,19,21,23). The molecular formula is C18H14N4OS2. The Morgan fingerprint density at radius 2 is 1.88 bits per heavy atom. The van der Waals surface area contributed by atoms with Crippen LogP contribution in [0.25, 0.3) is 16.3 Å². The van der Waals surface area contributed by atoms with Crippen molar-refractivity contribution in [1.82, 2.24) is 14.8 Å². The topological polar surface area (TPSA) is 59.8 Å². The lowest BCUT2D eigenvalue weighted by molar-refractivity contribution is -0.115. The summed E-state index contributed by atoms with van der Waals surface area (Å²) >= 11 is 2.99. The molecule has 0 atom stereocenters. The van der Waals surface area contributed by atoms with Crippen LogP contribution in [0.1, 0.15) is 5.56 Å². The molecule has 4 rings (SSSR count). The van der Waals surface area contributed by atoms with Gasteiger partial charge in [-0.15, -0.1) is 10.2 Å². The molecule has 25 heavy (non-hydrogen) atoms. The number of nitrogens with zero attached hydrogens (tertiary/aromatic N) is 3. The summed E-state index contributed by atoms with van der Waals surface area (Å²) < 4.78 is 2.02. The number of hydrogen-bond donors (Lipinski definition) is 1. The number of rotatable bonds is 5. The normalized spacial score (nSPS) is 10.7. The van der Waals surface area contributed by atoms with Gasteiger partial charge < -0.3 is 9.88 Å². The fourth-order valence-electron chi connectivity index (χ4n) is 2.42. The third-order valence-corrected chi connectivity index (χ3v) is 5.21. The maximum atomic E-state index is 12.2. The van der Waals surface area contributed by atoms with Crippen molar-refractivity contribution in [2.45, 2.75) is 6.42 Å². The predicted molar refractivity (Wildman–Crippen MR) is 101 cm³/mol. The smallest absolute Gasteiger partial charge is 0.230 e. The van der Waals surface area contributed by atoms with Crippen LogP contribution in [0.3, 0.4) is 0 Å². The van der Waals surface area contributed by atoms with Crippen LogP contribution in [-0.2, 0) is 11.2 Å². The highest BCUT2D eigenvalue weighted by atomic mass is 32.1. The quantitative estimate of drug-likeness (QED) is 0.575. The molecule has 3 heterocycles. The van der Waals surface area contributed by atoms with Gasteiger partial charge >= 0.3 is 0 Å². The Labute approximate surface area is 152 Å². The second kappa shape index (κ2) is 7.00. The fraction of sp³-hybridized carbons (Fsp3) is 0.0556. The summed E-state index contributed by atoms with van der Waals surface area (Å²) in [6, 6.07) is 13.9. The SMILES string of the molecule is O=C(Cc1ccc(-n2cccc2)cc1)Nc1nnc(-c2ccsc2)s1. The molecule has 0 saturated carbocycles. The minimum absolute atomic E-state index is 0.0956. The highest BCUT2D eigenvalue weighted by Gasteiger charge is 2.10. The molecule has 0 spiro atoms. The molecule has 0 fully saturated rings. The van der Waals surface area contributed by atoms with Crippen LogP contribution in [0.4, 0.5) is 5.13 Å². The lowest BCUT2D eigenvalue weighted by Gasteiger charge is -2.05. The van der Waals surface area contributed by atoms with Gasteiger partial charge in [-0.3, -0.25) is 4.79 Å². The van der Waals surface area contributed by atoms with Crippen molar-refractivity contribution >= 4 is 33.7 Å². The van der Waals surface area contributed by atoms with Crippen LogP contribution in [0.2, 0.25) is 0 Å². The molecule has 1 aromatic carbocycles. The minimum Gasteiger partial charge on any atom is -0.324 e. The second-order valence-corrected chi connectivity index (χ2v) is 7.16. The van der Waals surface area contributed by atoms with Crippen molar-refractivity contribution in [3.63, 3.8) is 0 Å². The third kappa shape index (κ3) is 3.67. The van der Waals surface area contributed by atoms with Gasteiger partial charge in [-0.1, -0.05) is 23.5 Å². The van der Waals surface area contributed by atoms with E-state index < -0.39 is 0 Å². The Balaban J connectivity index is 1.39. The van der Waals surface area contributed by atoms with Crippen molar-refractivity contribution in [2.24, 2.45) is 0 Å². The highest BCUT2D eigenvalue weighted by molar-refractivity contribution is 7.19. The summed E-state index contributed by atoms with van der Waals surface area (Å²) in [5.41, 5.74) is 3.05. The van der Waals surface area contributed by atoms with Gasteiger partial charge in [-0.2, -0.15) is 11.3 Å². The largest absolute Gasteiger partial charge is 0.324 e. The van der Waals surface area contributed by atoms with Gasteiger partial charge in [0.15, 0.2) is 0 Å². The zero-order valence-corrected chi connectivity index (χ0v) is 14.8. The summed E-state index contributed by atoms with van der Waals surface area (Å²) in [6.07, 6.45) is 4.28. The van der Waals surface area contributed by atoms with Crippen molar-refractivity contribution in [3.8, 4) is 16.3 Å². The first-order valence-corrected chi connectivity index (χ1v) is 9.42. The summed E-state index contributed by atoms with van der Waals surface area (Å²) in [5, 5.41) is 16.3. The molecule has 3 aromatic heterocycles. The molecule has 7 heteroatoms. The van der Waals surface area contributed by atoms with E-state index in [0.29, 0.717) is 11.6 Å². The first-order valence-electron chi connectivity index (χ1n) is 7.66. The summed E-state index contributed by atoms with van der Waals surface area (Å²) in [6.45, 7) is 0. The van der Waals surface area contributed by atoms with Crippen molar-refractivity contribution < 1.29 is 4.79 Å². The molecule has 0 saturated heterocycles. The van der Waals surface area contributed by atoms with Gasteiger partial charge in [-0.05, 0) is 41.3 Å². The van der Waals surface area contributed by atoms with E-state index in [4.69, 9.17) is 0 Å². The number of benzene rings is 1. The van der Waals surface area contributed by atoms with E-state index in [-0.39, 0.29) is 5.91 Å². The number of anilines is 1. The molecule has 5 nitrogen and oxygen atoms in total. The van der Waals surface area contributed by atoms with Gasteiger partial charge in [-0.25, -0.2) is 0 Å². The number of nitrogens with one attached hydrogen (secondary N) is 1. The number of amides is 1. The summed E-state index contributed by atoms with van der Waals surface area (Å²) in [7, 11) is 0. The van der Waals surface area contributed by atoms with E-state index >= 15 is 0 Å². The number of carbonyl (C=O) groups excluding carboxylic acids is 1. The molecule has 124 valence electrons. The first-order chi connectivity index (χ1) is 12.3. The van der Waals surface area contributed by atoms with Gasteiger partial charge in [0, 0.05) is 29.0 Å². The Morgan fingerprint density at radius 3 is 2.60 bits per heavy atom. The number of aromatic nitrogens is 3. The average Bonchev–Trinajstić information content (AvgIpc) is 3.37. The molecule has 0 bridgehead atoms. The molecule has 0 unspecified atom stereocenters. The summed E-state index contributed by atoms with van der Waals surface area (Å²) in [4.78, 5) is 12.2. The van der Waals surface area contributed by atoms with Gasteiger partial charge in [0.2, 0.25) is 11.0 Å². The number of thiophene rings is 1. The Kier molecular flexibility index (Phi) is 4.41. The van der Waals surface area contributed by atoms with E-state index in [9.17, 15) is 4.79 Å². The molecule has 0 aliphatic heterocycles. The lowest BCUT2D eigenvalue weighted by atomic mass is 10.1. The maximum absolute atomic E-state index is 12.2. The van der Waals surface area contributed by atoms with Crippen molar-refractivity contribution in [1.29, 1.82) is 0 Å². The third-order valence-electron chi connectivity index (χ3n) is 3.64.